The number of amides is 1. The maximum atomic E-state index is 12.2. The molecule has 1 heterocycles. The number of aryl methyl sites for hydroxylation is 1. The minimum atomic E-state index is -0.264. The summed E-state index contributed by atoms with van der Waals surface area (Å²) in [5.74, 6) is 1.21. The zero-order valence-electron chi connectivity index (χ0n) is 16.4. The molecule has 0 radical (unpaired) electrons. The van der Waals surface area contributed by atoms with Crippen LogP contribution in [0.1, 0.15) is 25.3 Å². The van der Waals surface area contributed by atoms with Crippen LogP contribution in [0.15, 0.2) is 47.8 Å². The van der Waals surface area contributed by atoms with Crippen LogP contribution in [0.5, 0.6) is 11.5 Å². The third kappa shape index (κ3) is 6.21. The summed E-state index contributed by atoms with van der Waals surface area (Å²) >= 11 is 7.30. The molecule has 0 aliphatic rings. The average Bonchev–Trinajstić information content (AvgIpc) is 3.16. The molecule has 3 rings (SSSR count). The van der Waals surface area contributed by atoms with Crippen molar-refractivity contribution in [2.45, 2.75) is 26.7 Å². The standard InChI is InChI=1S/C22H23ClN2O3S/c1-3-4-11-27-18-8-5-16(6-9-18)19-14-29-22(24-19)25-21(26)13-28-20-10-7-17(23)12-15(20)2/h5-10,12,14H,3-4,11,13H2,1-2H3,(H,24,25,26). The van der Waals surface area contributed by atoms with Crippen LogP contribution in [-0.4, -0.2) is 24.1 Å². The van der Waals surface area contributed by atoms with E-state index in [2.05, 4.69) is 17.2 Å². The SMILES string of the molecule is CCCCOc1ccc(-c2csc(NC(=O)COc3ccc(Cl)cc3C)n2)cc1. The molecule has 0 saturated heterocycles. The second-order valence-corrected chi connectivity index (χ2v) is 7.81. The summed E-state index contributed by atoms with van der Waals surface area (Å²) in [7, 11) is 0. The first-order valence-electron chi connectivity index (χ1n) is 9.42. The van der Waals surface area contributed by atoms with E-state index in [9.17, 15) is 4.79 Å². The van der Waals surface area contributed by atoms with Gasteiger partial charge >= 0.3 is 0 Å². The highest BCUT2D eigenvalue weighted by Gasteiger charge is 2.10. The molecule has 1 amide bonds. The predicted octanol–water partition coefficient (Wildman–Crippen LogP) is 5.97. The van der Waals surface area contributed by atoms with Gasteiger partial charge in [-0.1, -0.05) is 24.9 Å². The highest BCUT2D eigenvalue weighted by molar-refractivity contribution is 7.14. The van der Waals surface area contributed by atoms with Gasteiger partial charge in [0.05, 0.1) is 12.3 Å². The Morgan fingerprint density at radius 1 is 1.17 bits per heavy atom. The van der Waals surface area contributed by atoms with Crippen molar-refractivity contribution in [1.29, 1.82) is 0 Å². The van der Waals surface area contributed by atoms with Gasteiger partial charge in [0.25, 0.3) is 5.91 Å². The first kappa shape index (κ1) is 21.1. The van der Waals surface area contributed by atoms with Crippen molar-refractivity contribution in [3.8, 4) is 22.8 Å². The van der Waals surface area contributed by atoms with Crippen molar-refractivity contribution in [2.24, 2.45) is 0 Å². The van der Waals surface area contributed by atoms with Gasteiger partial charge in [-0.05, 0) is 61.4 Å². The second-order valence-electron chi connectivity index (χ2n) is 6.51. The van der Waals surface area contributed by atoms with Gasteiger partial charge < -0.3 is 9.47 Å². The number of ether oxygens (including phenoxy) is 2. The topological polar surface area (TPSA) is 60.5 Å². The molecule has 0 spiro atoms. The van der Waals surface area contributed by atoms with Gasteiger partial charge in [-0.3, -0.25) is 10.1 Å². The summed E-state index contributed by atoms with van der Waals surface area (Å²) in [5.41, 5.74) is 2.65. The Balaban J connectivity index is 1.53. The maximum Gasteiger partial charge on any atom is 0.264 e. The molecule has 1 N–H and O–H groups in total. The zero-order valence-corrected chi connectivity index (χ0v) is 18.0. The number of nitrogens with one attached hydrogen (secondary N) is 1. The Labute approximate surface area is 179 Å². The third-order valence-electron chi connectivity index (χ3n) is 4.16. The summed E-state index contributed by atoms with van der Waals surface area (Å²) in [6.45, 7) is 4.64. The van der Waals surface area contributed by atoms with Crippen LogP contribution in [0.2, 0.25) is 5.02 Å². The number of benzene rings is 2. The van der Waals surface area contributed by atoms with Crippen molar-refractivity contribution in [2.75, 3.05) is 18.5 Å². The Morgan fingerprint density at radius 3 is 2.69 bits per heavy atom. The molecular weight excluding hydrogens is 408 g/mol. The molecule has 0 bridgehead atoms. The monoisotopic (exact) mass is 430 g/mol. The summed E-state index contributed by atoms with van der Waals surface area (Å²) in [4.78, 5) is 16.7. The van der Waals surface area contributed by atoms with Crippen LogP contribution in [0.25, 0.3) is 11.3 Å². The van der Waals surface area contributed by atoms with Crippen molar-refractivity contribution in [1.82, 2.24) is 4.98 Å². The molecule has 2 aromatic carbocycles. The first-order chi connectivity index (χ1) is 14.0. The Bertz CT molecular complexity index is 957. The fourth-order valence-corrected chi connectivity index (χ4v) is 3.56. The van der Waals surface area contributed by atoms with E-state index < -0.39 is 0 Å². The normalized spacial score (nSPS) is 10.6. The number of thiazole rings is 1. The molecule has 1 aromatic heterocycles. The number of hydrogen-bond acceptors (Lipinski definition) is 5. The van der Waals surface area contributed by atoms with Crippen molar-refractivity contribution < 1.29 is 14.3 Å². The molecule has 152 valence electrons. The number of carbonyl (C=O) groups is 1. The quantitative estimate of drug-likeness (QED) is 0.425. The molecule has 3 aromatic rings. The summed E-state index contributed by atoms with van der Waals surface area (Å²) < 4.78 is 11.2. The van der Waals surface area contributed by atoms with Crippen LogP contribution in [0, 0.1) is 6.92 Å². The Morgan fingerprint density at radius 2 is 1.97 bits per heavy atom. The van der Waals surface area contributed by atoms with E-state index in [4.69, 9.17) is 21.1 Å². The number of halogens is 1. The number of unbranched alkanes of at least 4 members (excludes halogenated alkanes) is 1. The van der Waals surface area contributed by atoms with E-state index in [0.29, 0.717) is 15.9 Å². The first-order valence-corrected chi connectivity index (χ1v) is 10.7. The van der Waals surface area contributed by atoms with E-state index in [1.54, 1.807) is 18.2 Å². The molecule has 5 nitrogen and oxygen atoms in total. The van der Waals surface area contributed by atoms with Gasteiger partial charge in [-0.2, -0.15) is 0 Å². The van der Waals surface area contributed by atoms with Crippen molar-refractivity contribution in [3.63, 3.8) is 0 Å². The number of anilines is 1. The summed E-state index contributed by atoms with van der Waals surface area (Å²) in [5, 5.41) is 5.85. The largest absolute Gasteiger partial charge is 0.494 e. The lowest BCUT2D eigenvalue weighted by molar-refractivity contribution is -0.118. The highest BCUT2D eigenvalue weighted by atomic mass is 35.5. The maximum absolute atomic E-state index is 12.2. The molecule has 0 unspecified atom stereocenters. The smallest absolute Gasteiger partial charge is 0.264 e. The number of rotatable bonds is 9. The van der Waals surface area contributed by atoms with E-state index >= 15 is 0 Å². The minimum Gasteiger partial charge on any atom is -0.494 e. The van der Waals surface area contributed by atoms with Gasteiger partial charge in [0.2, 0.25) is 0 Å². The molecule has 0 aliphatic carbocycles. The summed E-state index contributed by atoms with van der Waals surface area (Å²) in [6.07, 6.45) is 2.15. The van der Waals surface area contributed by atoms with Crippen LogP contribution in [-0.2, 0) is 4.79 Å². The molecule has 29 heavy (non-hydrogen) atoms. The zero-order chi connectivity index (χ0) is 20.6. The van der Waals surface area contributed by atoms with Gasteiger partial charge in [0.1, 0.15) is 11.5 Å². The third-order valence-corrected chi connectivity index (χ3v) is 5.16. The second kappa shape index (κ2) is 10.3. The lowest BCUT2D eigenvalue weighted by Gasteiger charge is -2.08. The predicted molar refractivity (Wildman–Crippen MR) is 118 cm³/mol. The molecule has 0 saturated carbocycles. The van der Waals surface area contributed by atoms with Crippen LogP contribution < -0.4 is 14.8 Å². The fourth-order valence-electron chi connectivity index (χ4n) is 2.59. The van der Waals surface area contributed by atoms with Gasteiger partial charge in [0.15, 0.2) is 11.7 Å². The van der Waals surface area contributed by atoms with Gasteiger partial charge in [0, 0.05) is 16.0 Å². The van der Waals surface area contributed by atoms with E-state index in [1.807, 2.05) is 36.6 Å². The molecule has 7 heteroatoms. The van der Waals surface area contributed by atoms with Crippen LogP contribution in [0.4, 0.5) is 5.13 Å². The molecule has 0 atom stereocenters. The number of aromatic nitrogens is 1. The lowest BCUT2D eigenvalue weighted by atomic mass is 10.2. The van der Waals surface area contributed by atoms with Crippen molar-refractivity contribution >= 4 is 34.0 Å². The van der Waals surface area contributed by atoms with Crippen molar-refractivity contribution in [3.05, 3.63) is 58.4 Å². The molecular formula is C22H23ClN2O3S. The van der Waals surface area contributed by atoms with Crippen LogP contribution in [0.3, 0.4) is 0 Å². The van der Waals surface area contributed by atoms with Crippen LogP contribution >= 0.6 is 22.9 Å². The number of nitrogens with zero attached hydrogens (tertiary/aromatic N) is 1. The van der Waals surface area contributed by atoms with E-state index in [1.165, 1.54) is 11.3 Å². The number of hydrogen-bond donors (Lipinski definition) is 1. The van der Waals surface area contributed by atoms with E-state index in [0.717, 1.165) is 42.0 Å². The van der Waals surface area contributed by atoms with Gasteiger partial charge in [-0.15, -0.1) is 11.3 Å². The number of carbonyl (C=O) groups excluding carboxylic acids is 1. The van der Waals surface area contributed by atoms with Gasteiger partial charge in [-0.25, -0.2) is 4.98 Å². The van der Waals surface area contributed by atoms with E-state index in [-0.39, 0.29) is 12.5 Å². The Kier molecular flexibility index (Phi) is 7.49. The Hall–Kier alpha value is -2.57. The fraction of sp³-hybridized carbons (Fsp3) is 0.273. The summed E-state index contributed by atoms with van der Waals surface area (Å²) in [6, 6.07) is 13.1. The molecule has 0 fully saturated rings. The lowest BCUT2D eigenvalue weighted by Crippen LogP contribution is -2.20. The average molecular weight is 431 g/mol. The highest BCUT2D eigenvalue weighted by Crippen LogP contribution is 2.27. The minimum absolute atomic E-state index is 0.0961. The molecule has 0 aliphatic heterocycles.